The molecule has 15 heavy (non-hydrogen) atoms. The molecule has 0 fully saturated rings. The van der Waals surface area contributed by atoms with Crippen LogP contribution in [0.2, 0.25) is 0 Å². The first-order valence-corrected chi connectivity index (χ1v) is 5.79. The van der Waals surface area contributed by atoms with E-state index in [4.69, 9.17) is 10.9 Å². The molecule has 0 aliphatic rings. The van der Waals surface area contributed by atoms with Crippen molar-refractivity contribution in [3.8, 4) is 0 Å². The normalized spacial score (nSPS) is 14.5. The van der Waals surface area contributed by atoms with Gasteiger partial charge in [0.1, 0.15) is 5.84 Å². The Kier molecular flexibility index (Phi) is 8.09. The molecule has 0 aromatic heterocycles. The summed E-state index contributed by atoms with van der Waals surface area (Å²) in [5.74, 6) is 1.06. The smallest absolute Gasteiger partial charge is 0.140 e. The number of nitrogens with zero attached hydrogens (tertiary/aromatic N) is 1. The molecule has 0 rings (SSSR count). The van der Waals surface area contributed by atoms with Gasteiger partial charge in [0.05, 0.1) is 0 Å². The maximum absolute atomic E-state index is 8.46. The first kappa shape index (κ1) is 14.2. The van der Waals surface area contributed by atoms with E-state index in [0.29, 0.717) is 18.3 Å². The SMILES string of the molecule is CCC(CC(N)=NO)NCCCC(C)C. The second-order valence-corrected chi connectivity index (χ2v) is 4.39. The molecule has 0 amide bonds. The molecule has 0 saturated heterocycles. The zero-order valence-electron chi connectivity index (χ0n) is 10.2. The van der Waals surface area contributed by atoms with Crippen LogP contribution in [0.4, 0.5) is 0 Å². The van der Waals surface area contributed by atoms with E-state index < -0.39 is 0 Å². The van der Waals surface area contributed by atoms with Crippen molar-refractivity contribution in [1.82, 2.24) is 5.32 Å². The molecule has 90 valence electrons. The van der Waals surface area contributed by atoms with Crippen molar-refractivity contribution in [3.05, 3.63) is 0 Å². The quantitative estimate of drug-likeness (QED) is 0.190. The standard InChI is InChI=1S/C11H25N3O/c1-4-10(8-11(12)14-15)13-7-5-6-9(2)3/h9-10,13,15H,4-8H2,1-3H3,(H2,12,14). The molecule has 1 atom stereocenters. The summed E-state index contributed by atoms with van der Waals surface area (Å²) in [5.41, 5.74) is 5.46. The summed E-state index contributed by atoms with van der Waals surface area (Å²) in [7, 11) is 0. The largest absolute Gasteiger partial charge is 0.409 e. The van der Waals surface area contributed by atoms with Gasteiger partial charge in [-0.3, -0.25) is 0 Å². The second-order valence-electron chi connectivity index (χ2n) is 4.39. The minimum Gasteiger partial charge on any atom is -0.409 e. The lowest BCUT2D eigenvalue weighted by Gasteiger charge is -2.16. The number of hydrogen-bond donors (Lipinski definition) is 3. The number of nitrogens with two attached hydrogens (primary N) is 1. The van der Waals surface area contributed by atoms with E-state index in [9.17, 15) is 0 Å². The number of hydrogen-bond acceptors (Lipinski definition) is 3. The van der Waals surface area contributed by atoms with Crippen molar-refractivity contribution < 1.29 is 5.21 Å². The minimum atomic E-state index is 0.304. The van der Waals surface area contributed by atoms with Crippen molar-refractivity contribution >= 4 is 5.84 Å². The highest BCUT2D eigenvalue weighted by molar-refractivity contribution is 5.80. The van der Waals surface area contributed by atoms with Gasteiger partial charge in [0.2, 0.25) is 0 Å². The first-order valence-electron chi connectivity index (χ1n) is 5.79. The Labute approximate surface area is 92.9 Å². The van der Waals surface area contributed by atoms with Gasteiger partial charge in [-0.05, 0) is 31.7 Å². The number of rotatable bonds is 8. The van der Waals surface area contributed by atoms with Gasteiger partial charge in [0.15, 0.2) is 0 Å². The van der Waals surface area contributed by atoms with Crippen LogP contribution >= 0.6 is 0 Å². The third-order valence-corrected chi connectivity index (χ3v) is 2.47. The number of oxime groups is 1. The topological polar surface area (TPSA) is 70.6 Å². The highest BCUT2D eigenvalue weighted by Crippen LogP contribution is 2.03. The van der Waals surface area contributed by atoms with Gasteiger partial charge in [-0.25, -0.2) is 0 Å². The van der Waals surface area contributed by atoms with Crippen LogP contribution in [0.3, 0.4) is 0 Å². The van der Waals surface area contributed by atoms with E-state index in [2.05, 4.69) is 31.2 Å². The Morgan fingerprint density at radius 3 is 2.60 bits per heavy atom. The lowest BCUT2D eigenvalue weighted by Crippen LogP contribution is -2.33. The molecule has 0 aromatic rings. The van der Waals surface area contributed by atoms with Crippen molar-refractivity contribution in [3.63, 3.8) is 0 Å². The molecule has 0 aromatic carbocycles. The lowest BCUT2D eigenvalue weighted by atomic mass is 10.1. The maximum Gasteiger partial charge on any atom is 0.140 e. The molecule has 0 saturated carbocycles. The van der Waals surface area contributed by atoms with Crippen LogP contribution in [0.1, 0.15) is 46.5 Å². The predicted octanol–water partition coefficient (Wildman–Crippen LogP) is 1.93. The van der Waals surface area contributed by atoms with Gasteiger partial charge in [0.25, 0.3) is 0 Å². The minimum absolute atomic E-state index is 0.304. The molecule has 0 heterocycles. The molecule has 0 aliphatic heterocycles. The van der Waals surface area contributed by atoms with Crippen LogP contribution < -0.4 is 11.1 Å². The predicted molar refractivity (Wildman–Crippen MR) is 64.2 cm³/mol. The molecule has 0 spiro atoms. The van der Waals surface area contributed by atoms with Gasteiger partial charge >= 0.3 is 0 Å². The van der Waals surface area contributed by atoms with Crippen LogP contribution in [0.15, 0.2) is 5.16 Å². The monoisotopic (exact) mass is 215 g/mol. The molecule has 1 unspecified atom stereocenters. The maximum atomic E-state index is 8.46. The van der Waals surface area contributed by atoms with Crippen molar-refractivity contribution in [2.75, 3.05) is 6.54 Å². The summed E-state index contributed by atoms with van der Waals surface area (Å²) in [5, 5.41) is 14.9. The summed E-state index contributed by atoms with van der Waals surface area (Å²) >= 11 is 0. The Hall–Kier alpha value is -0.770. The van der Waals surface area contributed by atoms with E-state index in [0.717, 1.165) is 18.9 Å². The third kappa shape index (κ3) is 8.24. The van der Waals surface area contributed by atoms with Gasteiger partial charge < -0.3 is 16.3 Å². The van der Waals surface area contributed by atoms with Crippen molar-refractivity contribution in [2.45, 2.75) is 52.5 Å². The Bertz CT molecular complexity index is 181. The average molecular weight is 215 g/mol. The fraction of sp³-hybridized carbons (Fsp3) is 0.909. The van der Waals surface area contributed by atoms with Crippen LogP contribution in [-0.4, -0.2) is 23.6 Å². The van der Waals surface area contributed by atoms with Crippen LogP contribution in [-0.2, 0) is 0 Å². The number of amidine groups is 1. The molecule has 4 nitrogen and oxygen atoms in total. The molecule has 0 radical (unpaired) electrons. The summed E-state index contributed by atoms with van der Waals surface area (Å²) in [6, 6.07) is 0.327. The zero-order chi connectivity index (χ0) is 11.7. The second kappa shape index (κ2) is 8.53. The summed E-state index contributed by atoms with van der Waals surface area (Å²) < 4.78 is 0. The van der Waals surface area contributed by atoms with E-state index in [-0.39, 0.29) is 0 Å². The van der Waals surface area contributed by atoms with Crippen LogP contribution in [0.25, 0.3) is 0 Å². The molecule has 4 heteroatoms. The third-order valence-electron chi connectivity index (χ3n) is 2.47. The number of nitrogens with one attached hydrogen (secondary N) is 1. The van der Waals surface area contributed by atoms with Crippen LogP contribution in [0, 0.1) is 5.92 Å². The van der Waals surface area contributed by atoms with E-state index in [1.54, 1.807) is 0 Å². The molecule has 4 N–H and O–H groups in total. The van der Waals surface area contributed by atoms with Gasteiger partial charge in [-0.1, -0.05) is 25.9 Å². The first-order chi connectivity index (χ1) is 7.10. The summed E-state index contributed by atoms with van der Waals surface area (Å²) in [4.78, 5) is 0. The van der Waals surface area contributed by atoms with E-state index in [1.807, 2.05) is 0 Å². The molecule has 0 aliphatic carbocycles. The Morgan fingerprint density at radius 2 is 2.13 bits per heavy atom. The fourth-order valence-corrected chi connectivity index (χ4v) is 1.47. The van der Waals surface area contributed by atoms with Gasteiger partial charge in [-0.2, -0.15) is 0 Å². The lowest BCUT2D eigenvalue weighted by molar-refractivity contribution is 0.315. The van der Waals surface area contributed by atoms with E-state index in [1.165, 1.54) is 12.8 Å². The average Bonchev–Trinajstić information content (AvgIpc) is 2.21. The molecular weight excluding hydrogens is 190 g/mol. The van der Waals surface area contributed by atoms with Crippen molar-refractivity contribution in [2.24, 2.45) is 16.8 Å². The van der Waals surface area contributed by atoms with Gasteiger partial charge in [0, 0.05) is 12.5 Å². The van der Waals surface area contributed by atoms with Gasteiger partial charge in [-0.15, -0.1) is 0 Å². The summed E-state index contributed by atoms with van der Waals surface area (Å²) in [6.07, 6.45) is 4.05. The van der Waals surface area contributed by atoms with Crippen LogP contribution in [0.5, 0.6) is 0 Å². The highest BCUT2D eigenvalue weighted by atomic mass is 16.4. The Morgan fingerprint density at radius 1 is 1.47 bits per heavy atom. The zero-order valence-corrected chi connectivity index (χ0v) is 10.2. The molecule has 0 bridgehead atoms. The molecular formula is C11H25N3O. The van der Waals surface area contributed by atoms with Crippen molar-refractivity contribution in [1.29, 1.82) is 0 Å². The Balaban J connectivity index is 3.62. The van der Waals surface area contributed by atoms with E-state index >= 15 is 0 Å². The fourth-order valence-electron chi connectivity index (χ4n) is 1.47. The summed E-state index contributed by atoms with van der Waals surface area (Å²) in [6.45, 7) is 7.57. The highest BCUT2D eigenvalue weighted by Gasteiger charge is 2.07.